The van der Waals surface area contributed by atoms with Crippen LogP contribution in [-0.2, 0) is 9.53 Å². The molecule has 0 aromatic carbocycles. The molecule has 20 heavy (non-hydrogen) atoms. The fourth-order valence-corrected chi connectivity index (χ4v) is 3.58. The van der Waals surface area contributed by atoms with Crippen molar-refractivity contribution in [1.29, 1.82) is 0 Å². The number of carbonyl (C=O) groups excluding carboxylic acids is 1. The van der Waals surface area contributed by atoms with Crippen LogP contribution in [0.15, 0.2) is 12.2 Å². The number of ether oxygens (including phenoxy) is 1. The first-order valence-corrected chi connectivity index (χ1v) is 8.63. The van der Waals surface area contributed by atoms with Crippen LogP contribution in [0.2, 0.25) is 0 Å². The number of esters is 1. The third kappa shape index (κ3) is 4.96. The molecule has 0 aromatic rings. The predicted octanol–water partition coefficient (Wildman–Crippen LogP) is 4.88. The molecule has 0 saturated heterocycles. The van der Waals surface area contributed by atoms with E-state index in [1.807, 2.05) is 0 Å². The lowest BCUT2D eigenvalue weighted by atomic mass is 9.95. The molecule has 0 unspecified atom stereocenters. The zero-order valence-electron chi connectivity index (χ0n) is 13.0. The fraction of sp³-hybridized carbons (Fsp3) is 0.833. The Kier molecular flexibility index (Phi) is 6.62. The van der Waals surface area contributed by atoms with Gasteiger partial charge >= 0.3 is 5.97 Å². The van der Waals surface area contributed by atoms with Crippen LogP contribution in [0.4, 0.5) is 0 Å². The van der Waals surface area contributed by atoms with Gasteiger partial charge in [-0.3, -0.25) is 4.79 Å². The van der Waals surface area contributed by atoms with Crippen LogP contribution in [0.25, 0.3) is 0 Å². The molecule has 2 aliphatic rings. The van der Waals surface area contributed by atoms with Gasteiger partial charge in [0.1, 0.15) is 0 Å². The third-order valence-electron chi connectivity index (χ3n) is 4.86. The van der Waals surface area contributed by atoms with Crippen molar-refractivity contribution in [3.05, 3.63) is 12.2 Å². The van der Waals surface area contributed by atoms with E-state index in [2.05, 4.69) is 19.1 Å². The van der Waals surface area contributed by atoms with E-state index in [0.29, 0.717) is 24.9 Å². The molecular formula is C18H30O2. The van der Waals surface area contributed by atoms with E-state index in [-0.39, 0.29) is 5.97 Å². The smallest absolute Gasteiger partial charge is 0.305 e. The summed E-state index contributed by atoms with van der Waals surface area (Å²) in [5, 5.41) is 0. The van der Waals surface area contributed by atoms with Gasteiger partial charge in [0.25, 0.3) is 0 Å². The Labute approximate surface area is 124 Å². The number of hydrogen-bond acceptors (Lipinski definition) is 2. The first kappa shape index (κ1) is 15.6. The molecule has 1 saturated carbocycles. The number of fused-ring (bicyclic) bond motifs is 2. The summed E-state index contributed by atoms with van der Waals surface area (Å²) in [4.78, 5) is 11.7. The molecule has 0 aliphatic heterocycles. The van der Waals surface area contributed by atoms with Gasteiger partial charge in [-0.1, -0.05) is 57.6 Å². The van der Waals surface area contributed by atoms with Crippen LogP contribution in [-0.4, -0.2) is 12.6 Å². The lowest BCUT2D eigenvalue weighted by Crippen LogP contribution is -2.17. The second-order valence-electron chi connectivity index (χ2n) is 6.59. The molecule has 0 N–H and O–H groups in total. The summed E-state index contributed by atoms with van der Waals surface area (Å²) < 4.78 is 5.45. The highest BCUT2D eigenvalue weighted by Gasteiger charge is 2.36. The highest BCUT2D eigenvalue weighted by molar-refractivity contribution is 5.69. The van der Waals surface area contributed by atoms with Gasteiger partial charge in [-0.15, -0.1) is 0 Å². The van der Waals surface area contributed by atoms with Gasteiger partial charge in [-0.05, 0) is 37.0 Å². The summed E-state index contributed by atoms with van der Waals surface area (Å²) in [5.74, 6) is 2.08. The highest BCUT2D eigenvalue weighted by atomic mass is 16.5. The minimum atomic E-state index is 0.0188. The molecule has 2 aliphatic carbocycles. The second kappa shape index (κ2) is 8.49. The van der Waals surface area contributed by atoms with E-state index in [1.165, 1.54) is 51.4 Å². The number of allylic oxidation sites excluding steroid dienone is 2. The van der Waals surface area contributed by atoms with Gasteiger partial charge in [-0.25, -0.2) is 0 Å². The minimum absolute atomic E-state index is 0.0188. The molecule has 0 aromatic heterocycles. The van der Waals surface area contributed by atoms with Crippen molar-refractivity contribution >= 4 is 5.97 Å². The molecule has 0 heterocycles. The van der Waals surface area contributed by atoms with Crippen molar-refractivity contribution in [1.82, 2.24) is 0 Å². The predicted molar refractivity (Wildman–Crippen MR) is 82.4 cm³/mol. The van der Waals surface area contributed by atoms with E-state index < -0.39 is 0 Å². The largest absolute Gasteiger partial charge is 0.465 e. The average molecular weight is 278 g/mol. The molecule has 0 amide bonds. The summed E-state index contributed by atoms with van der Waals surface area (Å²) in [5.41, 5.74) is 0. The Morgan fingerprint density at radius 1 is 1.05 bits per heavy atom. The molecule has 2 rings (SSSR count). The highest BCUT2D eigenvalue weighted by Crippen LogP contribution is 2.43. The van der Waals surface area contributed by atoms with Crippen molar-refractivity contribution in [2.45, 2.75) is 71.1 Å². The lowest BCUT2D eigenvalue weighted by Gasteiger charge is -2.17. The second-order valence-corrected chi connectivity index (χ2v) is 6.59. The number of rotatable bonds is 10. The van der Waals surface area contributed by atoms with Crippen molar-refractivity contribution < 1.29 is 9.53 Å². The van der Waals surface area contributed by atoms with E-state index in [4.69, 9.17) is 4.74 Å². The zero-order valence-corrected chi connectivity index (χ0v) is 13.0. The van der Waals surface area contributed by atoms with Gasteiger partial charge < -0.3 is 4.74 Å². The summed E-state index contributed by atoms with van der Waals surface area (Å²) >= 11 is 0. The Morgan fingerprint density at radius 2 is 1.80 bits per heavy atom. The molecule has 0 spiro atoms. The van der Waals surface area contributed by atoms with E-state index in [1.54, 1.807) is 0 Å². The molecule has 2 bridgehead atoms. The Morgan fingerprint density at radius 3 is 2.45 bits per heavy atom. The fourth-order valence-electron chi connectivity index (χ4n) is 3.58. The van der Waals surface area contributed by atoms with Crippen LogP contribution in [0.1, 0.15) is 71.1 Å². The Balaban J connectivity index is 1.44. The summed E-state index contributed by atoms with van der Waals surface area (Å²) in [6.45, 7) is 2.89. The monoisotopic (exact) mass is 278 g/mol. The molecular weight excluding hydrogens is 248 g/mol. The van der Waals surface area contributed by atoms with Crippen molar-refractivity contribution in [3.63, 3.8) is 0 Å². The van der Waals surface area contributed by atoms with E-state index in [0.717, 1.165) is 12.3 Å². The Hall–Kier alpha value is -0.790. The lowest BCUT2D eigenvalue weighted by molar-refractivity contribution is -0.145. The maximum absolute atomic E-state index is 11.7. The van der Waals surface area contributed by atoms with Gasteiger partial charge in [0.15, 0.2) is 0 Å². The number of carbonyl (C=O) groups is 1. The van der Waals surface area contributed by atoms with Crippen molar-refractivity contribution in [2.75, 3.05) is 6.61 Å². The first-order chi connectivity index (χ1) is 9.79. The SMILES string of the molecule is CCCCCCCCCC(=O)OC[C@H]1C[C@@H]2C=C[C@H]1C2. The van der Waals surface area contributed by atoms with Crippen molar-refractivity contribution in [2.24, 2.45) is 17.8 Å². The van der Waals surface area contributed by atoms with Gasteiger partial charge in [0, 0.05) is 6.42 Å². The maximum Gasteiger partial charge on any atom is 0.305 e. The van der Waals surface area contributed by atoms with Crippen LogP contribution in [0.5, 0.6) is 0 Å². The molecule has 114 valence electrons. The van der Waals surface area contributed by atoms with Crippen LogP contribution < -0.4 is 0 Å². The molecule has 2 nitrogen and oxygen atoms in total. The van der Waals surface area contributed by atoms with E-state index in [9.17, 15) is 4.79 Å². The quantitative estimate of drug-likeness (QED) is 0.323. The van der Waals surface area contributed by atoms with Gasteiger partial charge in [0.2, 0.25) is 0 Å². The topological polar surface area (TPSA) is 26.3 Å². The van der Waals surface area contributed by atoms with Crippen molar-refractivity contribution in [3.8, 4) is 0 Å². The summed E-state index contributed by atoms with van der Waals surface area (Å²) in [7, 11) is 0. The maximum atomic E-state index is 11.7. The first-order valence-electron chi connectivity index (χ1n) is 8.63. The van der Waals surface area contributed by atoms with Gasteiger partial charge in [-0.2, -0.15) is 0 Å². The molecule has 3 atom stereocenters. The number of unbranched alkanes of at least 4 members (excludes halogenated alkanes) is 6. The normalized spacial score (nSPS) is 27.1. The summed E-state index contributed by atoms with van der Waals surface area (Å²) in [6, 6.07) is 0. The molecule has 0 radical (unpaired) electrons. The van der Waals surface area contributed by atoms with Crippen LogP contribution >= 0.6 is 0 Å². The van der Waals surface area contributed by atoms with Gasteiger partial charge in [0.05, 0.1) is 6.61 Å². The standard InChI is InChI=1S/C18H30O2/c1-2-3-4-5-6-7-8-9-18(19)20-14-17-13-15-10-11-16(17)12-15/h10-11,15-17H,2-9,12-14H2,1H3/t15-,16+,17-/m1/s1. The third-order valence-corrected chi connectivity index (χ3v) is 4.86. The average Bonchev–Trinajstić information content (AvgIpc) is 3.06. The number of hydrogen-bond donors (Lipinski definition) is 0. The zero-order chi connectivity index (χ0) is 14.2. The van der Waals surface area contributed by atoms with Crippen LogP contribution in [0, 0.1) is 17.8 Å². The summed E-state index contributed by atoms with van der Waals surface area (Å²) in [6.07, 6.45) is 16.5. The van der Waals surface area contributed by atoms with E-state index >= 15 is 0 Å². The Bertz CT molecular complexity index is 321. The van der Waals surface area contributed by atoms with Crippen LogP contribution in [0.3, 0.4) is 0 Å². The minimum Gasteiger partial charge on any atom is -0.465 e. The molecule has 1 fully saturated rings. The molecule has 2 heteroatoms.